The third-order valence-corrected chi connectivity index (χ3v) is 3.31. The highest BCUT2D eigenvalue weighted by Crippen LogP contribution is 2.23. The first kappa shape index (κ1) is 11.4. The lowest BCUT2D eigenvalue weighted by molar-refractivity contribution is -0.119. The second-order valence-corrected chi connectivity index (χ2v) is 4.86. The van der Waals surface area contributed by atoms with E-state index in [0.29, 0.717) is 0 Å². The molecule has 0 spiro atoms. The normalized spacial score (nSPS) is 20.8. The van der Waals surface area contributed by atoms with Crippen molar-refractivity contribution in [3.63, 3.8) is 0 Å². The van der Waals surface area contributed by atoms with Gasteiger partial charge >= 0.3 is 0 Å². The zero-order chi connectivity index (χ0) is 11.5. The summed E-state index contributed by atoms with van der Waals surface area (Å²) in [6.07, 6.45) is 4.71. The number of rotatable bonds is 2. The minimum absolute atomic E-state index is 0.206. The Hall–Kier alpha value is -1.10. The van der Waals surface area contributed by atoms with E-state index in [4.69, 9.17) is 5.73 Å². The van der Waals surface area contributed by atoms with Crippen LogP contribution in [-0.4, -0.2) is 23.5 Å². The minimum Gasteiger partial charge on any atom is -0.368 e. The van der Waals surface area contributed by atoms with Crippen LogP contribution in [0.1, 0.15) is 19.3 Å². The van der Waals surface area contributed by atoms with Crippen LogP contribution in [0, 0.1) is 0 Å². The molecule has 0 aliphatic carbocycles. The van der Waals surface area contributed by atoms with Gasteiger partial charge in [0.25, 0.3) is 0 Å². The highest BCUT2D eigenvalue weighted by molar-refractivity contribution is 9.10. The number of primary amides is 1. The molecule has 16 heavy (non-hydrogen) atoms. The molecule has 5 heteroatoms. The van der Waals surface area contributed by atoms with Crippen molar-refractivity contribution in [3.05, 3.63) is 22.8 Å². The van der Waals surface area contributed by atoms with Crippen LogP contribution in [0.5, 0.6) is 0 Å². The lowest BCUT2D eigenvalue weighted by Crippen LogP contribution is -2.48. The van der Waals surface area contributed by atoms with Crippen LogP contribution in [0.3, 0.4) is 0 Å². The largest absolute Gasteiger partial charge is 0.368 e. The molecule has 1 aliphatic heterocycles. The highest BCUT2D eigenvalue weighted by atomic mass is 79.9. The fourth-order valence-corrected chi connectivity index (χ4v) is 2.27. The quantitative estimate of drug-likeness (QED) is 0.899. The fourth-order valence-electron chi connectivity index (χ4n) is 2.04. The van der Waals surface area contributed by atoms with Crippen LogP contribution in [0.4, 0.5) is 5.82 Å². The Morgan fingerprint density at radius 1 is 1.50 bits per heavy atom. The molecule has 1 amide bonds. The van der Waals surface area contributed by atoms with Gasteiger partial charge in [0.1, 0.15) is 11.9 Å². The molecule has 1 saturated heterocycles. The summed E-state index contributed by atoms with van der Waals surface area (Å²) in [5.74, 6) is 0.566. The van der Waals surface area contributed by atoms with E-state index in [1.807, 2.05) is 17.0 Å². The smallest absolute Gasteiger partial charge is 0.240 e. The maximum absolute atomic E-state index is 11.3. The van der Waals surface area contributed by atoms with Crippen LogP contribution in [-0.2, 0) is 4.79 Å². The van der Waals surface area contributed by atoms with Crippen molar-refractivity contribution >= 4 is 27.7 Å². The summed E-state index contributed by atoms with van der Waals surface area (Å²) in [5.41, 5.74) is 5.41. The number of carbonyl (C=O) groups is 1. The number of aromatic nitrogens is 1. The number of anilines is 1. The van der Waals surface area contributed by atoms with E-state index in [1.54, 1.807) is 6.20 Å². The summed E-state index contributed by atoms with van der Waals surface area (Å²) in [6.45, 7) is 0.849. The van der Waals surface area contributed by atoms with Gasteiger partial charge in [-0.15, -0.1) is 0 Å². The predicted molar refractivity (Wildman–Crippen MR) is 66.1 cm³/mol. The Balaban J connectivity index is 2.23. The SMILES string of the molecule is NC(=O)C1CCCCN1c1ccc(Br)cn1. The Morgan fingerprint density at radius 2 is 2.31 bits per heavy atom. The van der Waals surface area contributed by atoms with Crippen molar-refractivity contribution < 1.29 is 4.79 Å². The molecule has 1 fully saturated rings. The van der Waals surface area contributed by atoms with Gasteiger partial charge in [-0.25, -0.2) is 4.98 Å². The van der Waals surface area contributed by atoms with Gasteiger partial charge in [0.2, 0.25) is 5.91 Å². The molecule has 4 nitrogen and oxygen atoms in total. The third-order valence-electron chi connectivity index (χ3n) is 2.84. The van der Waals surface area contributed by atoms with Crippen LogP contribution in [0.15, 0.2) is 22.8 Å². The topological polar surface area (TPSA) is 59.2 Å². The van der Waals surface area contributed by atoms with Crippen molar-refractivity contribution in [1.29, 1.82) is 0 Å². The van der Waals surface area contributed by atoms with Crippen molar-refractivity contribution in [1.82, 2.24) is 4.98 Å². The van der Waals surface area contributed by atoms with Gasteiger partial charge < -0.3 is 10.6 Å². The van der Waals surface area contributed by atoms with E-state index < -0.39 is 0 Å². The molecule has 1 aliphatic rings. The number of carbonyl (C=O) groups excluding carboxylic acids is 1. The summed E-state index contributed by atoms with van der Waals surface area (Å²) in [6, 6.07) is 3.63. The lowest BCUT2D eigenvalue weighted by Gasteiger charge is -2.34. The molecule has 1 unspecified atom stereocenters. The number of amides is 1. The van der Waals surface area contributed by atoms with Gasteiger partial charge in [0, 0.05) is 17.2 Å². The summed E-state index contributed by atoms with van der Waals surface area (Å²) in [4.78, 5) is 17.7. The number of pyridine rings is 1. The van der Waals surface area contributed by atoms with E-state index in [9.17, 15) is 4.79 Å². The number of nitrogens with two attached hydrogens (primary N) is 1. The Kier molecular flexibility index (Phi) is 3.43. The van der Waals surface area contributed by atoms with E-state index in [2.05, 4.69) is 20.9 Å². The number of halogens is 1. The number of hydrogen-bond donors (Lipinski definition) is 1. The molecule has 0 saturated carbocycles. The summed E-state index contributed by atoms with van der Waals surface area (Å²) in [5, 5.41) is 0. The van der Waals surface area contributed by atoms with Gasteiger partial charge in [-0.3, -0.25) is 4.79 Å². The number of hydrogen-bond acceptors (Lipinski definition) is 3. The Morgan fingerprint density at radius 3 is 2.94 bits per heavy atom. The lowest BCUT2D eigenvalue weighted by atomic mass is 10.0. The van der Waals surface area contributed by atoms with E-state index in [-0.39, 0.29) is 11.9 Å². The molecule has 0 radical (unpaired) electrons. The average Bonchev–Trinajstić information content (AvgIpc) is 2.30. The van der Waals surface area contributed by atoms with Crippen molar-refractivity contribution in [2.24, 2.45) is 5.73 Å². The molecule has 1 aromatic heterocycles. The van der Waals surface area contributed by atoms with Crippen molar-refractivity contribution in [2.75, 3.05) is 11.4 Å². The predicted octanol–water partition coefficient (Wildman–Crippen LogP) is 1.69. The van der Waals surface area contributed by atoms with E-state index >= 15 is 0 Å². The maximum Gasteiger partial charge on any atom is 0.240 e. The zero-order valence-electron chi connectivity index (χ0n) is 8.90. The monoisotopic (exact) mass is 283 g/mol. The molecule has 2 heterocycles. The summed E-state index contributed by atoms with van der Waals surface area (Å²) in [7, 11) is 0. The molecular weight excluding hydrogens is 270 g/mol. The summed E-state index contributed by atoms with van der Waals surface area (Å²) >= 11 is 3.34. The zero-order valence-corrected chi connectivity index (χ0v) is 10.5. The maximum atomic E-state index is 11.3. The molecule has 2 N–H and O–H groups in total. The second kappa shape index (κ2) is 4.82. The van der Waals surface area contributed by atoms with E-state index in [0.717, 1.165) is 36.1 Å². The summed E-state index contributed by atoms with van der Waals surface area (Å²) < 4.78 is 0.934. The average molecular weight is 284 g/mol. The van der Waals surface area contributed by atoms with E-state index in [1.165, 1.54) is 0 Å². The molecule has 0 bridgehead atoms. The third kappa shape index (κ3) is 2.35. The second-order valence-electron chi connectivity index (χ2n) is 3.94. The molecule has 1 aromatic rings. The molecular formula is C11H14BrN3O. The van der Waals surface area contributed by atoms with Gasteiger partial charge in [-0.1, -0.05) is 0 Å². The number of nitrogens with zero attached hydrogens (tertiary/aromatic N) is 2. The fraction of sp³-hybridized carbons (Fsp3) is 0.455. The highest BCUT2D eigenvalue weighted by Gasteiger charge is 2.27. The minimum atomic E-state index is -0.260. The van der Waals surface area contributed by atoms with Crippen LogP contribution >= 0.6 is 15.9 Å². The Labute approximate surface area is 103 Å². The van der Waals surface area contributed by atoms with Crippen LogP contribution < -0.4 is 10.6 Å². The molecule has 1 atom stereocenters. The van der Waals surface area contributed by atoms with Gasteiger partial charge in [0.05, 0.1) is 0 Å². The first-order valence-corrected chi connectivity index (χ1v) is 6.15. The van der Waals surface area contributed by atoms with Crippen molar-refractivity contribution in [2.45, 2.75) is 25.3 Å². The molecule has 2 rings (SSSR count). The standard InChI is InChI=1S/C11H14BrN3O/c12-8-4-5-10(14-7-8)15-6-2-1-3-9(15)11(13)16/h4-5,7,9H,1-3,6H2,(H2,13,16). The Bertz CT molecular complexity index is 379. The van der Waals surface area contributed by atoms with Crippen LogP contribution in [0.25, 0.3) is 0 Å². The first-order valence-electron chi connectivity index (χ1n) is 5.36. The molecule has 0 aromatic carbocycles. The van der Waals surface area contributed by atoms with Gasteiger partial charge in [0.15, 0.2) is 0 Å². The van der Waals surface area contributed by atoms with Gasteiger partial charge in [-0.2, -0.15) is 0 Å². The first-order chi connectivity index (χ1) is 7.68. The molecule has 86 valence electrons. The van der Waals surface area contributed by atoms with Crippen LogP contribution in [0.2, 0.25) is 0 Å². The van der Waals surface area contributed by atoms with Gasteiger partial charge in [-0.05, 0) is 47.3 Å². The number of piperidine rings is 1. The van der Waals surface area contributed by atoms with Crippen molar-refractivity contribution in [3.8, 4) is 0 Å².